The molecule has 7 nitrogen and oxygen atoms in total. The van der Waals surface area contributed by atoms with Gasteiger partial charge in [0.1, 0.15) is 0 Å². The fourth-order valence-corrected chi connectivity index (χ4v) is 2.19. The van der Waals surface area contributed by atoms with Gasteiger partial charge < -0.3 is 15.3 Å². The van der Waals surface area contributed by atoms with Crippen LogP contribution >= 0.6 is 0 Å². The number of anilines is 1. The second-order valence-electron chi connectivity index (χ2n) is 5.21. The number of carboxylic acid groups (broad SMARTS) is 1. The van der Waals surface area contributed by atoms with Crippen molar-refractivity contribution in [3.8, 4) is 0 Å². The Hall–Kier alpha value is -2.18. The summed E-state index contributed by atoms with van der Waals surface area (Å²) >= 11 is 0. The fourth-order valence-electron chi connectivity index (χ4n) is 2.19. The summed E-state index contributed by atoms with van der Waals surface area (Å²) in [5, 5.41) is 19.6. The van der Waals surface area contributed by atoms with Gasteiger partial charge >= 0.3 is 5.97 Å². The topological polar surface area (TPSA) is 95.4 Å². The van der Waals surface area contributed by atoms with Crippen LogP contribution in [0, 0.1) is 5.41 Å². The molecule has 1 aromatic heterocycles. The number of carbonyl (C=O) groups excluding carboxylic acids is 1. The first kappa shape index (κ1) is 14.2. The van der Waals surface area contributed by atoms with Crippen molar-refractivity contribution in [3.05, 3.63) is 17.8 Å². The van der Waals surface area contributed by atoms with Gasteiger partial charge in [0, 0.05) is 20.1 Å². The maximum atomic E-state index is 11.4. The van der Waals surface area contributed by atoms with Crippen LogP contribution in [0.5, 0.6) is 0 Å². The summed E-state index contributed by atoms with van der Waals surface area (Å²) in [7, 11) is 1.54. The van der Waals surface area contributed by atoms with Crippen LogP contribution in [0.3, 0.4) is 0 Å². The molecule has 1 amide bonds. The van der Waals surface area contributed by atoms with Crippen LogP contribution in [-0.4, -0.2) is 47.3 Å². The van der Waals surface area contributed by atoms with Gasteiger partial charge in [0.15, 0.2) is 11.5 Å². The van der Waals surface area contributed by atoms with Gasteiger partial charge in [0.2, 0.25) is 0 Å². The van der Waals surface area contributed by atoms with E-state index in [-0.39, 0.29) is 11.6 Å². The molecule has 0 saturated carbocycles. The van der Waals surface area contributed by atoms with E-state index in [1.165, 1.54) is 7.05 Å². The lowest BCUT2D eigenvalue weighted by Crippen LogP contribution is -2.43. The van der Waals surface area contributed by atoms with Crippen molar-refractivity contribution >= 4 is 17.7 Å². The zero-order valence-electron chi connectivity index (χ0n) is 11.6. The number of piperidine rings is 1. The standard InChI is InChI=1S/C13H18N4O3/c1-13(12(19)20)5-7-17(8-6-13)10-4-3-9(15-16-10)11(18)14-2/h3-4H,5-8H2,1-2H3,(H,14,18)(H,19,20). The van der Waals surface area contributed by atoms with Crippen LogP contribution in [0.15, 0.2) is 12.1 Å². The van der Waals surface area contributed by atoms with Gasteiger partial charge in [-0.1, -0.05) is 0 Å². The first-order valence-corrected chi connectivity index (χ1v) is 6.50. The molecule has 0 spiro atoms. The molecule has 2 rings (SSSR count). The number of aromatic nitrogens is 2. The molecule has 0 unspecified atom stereocenters. The molecule has 7 heteroatoms. The fraction of sp³-hybridized carbons (Fsp3) is 0.538. The first-order valence-electron chi connectivity index (χ1n) is 6.50. The van der Waals surface area contributed by atoms with E-state index in [0.29, 0.717) is 31.7 Å². The molecule has 1 aliphatic heterocycles. The SMILES string of the molecule is CNC(=O)c1ccc(N2CCC(C)(C(=O)O)CC2)nn1. The molecule has 2 heterocycles. The number of aliphatic carboxylic acids is 1. The maximum Gasteiger partial charge on any atom is 0.309 e. The predicted octanol–water partition coefficient (Wildman–Crippen LogP) is 0.527. The van der Waals surface area contributed by atoms with Crippen LogP contribution in [0.4, 0.5) is 5.82 Å². The molecule has 0 radical (unpaired) electrons. The number of hydrogen-bond acceptors (Lipinski definition) is 5. The number of rotatable bonds is 3. The van der Waals surface area contributed by atoms with E-state index >= 15 is 0 Å². The lowest BCUT2D eigenvalue weighted by atomic mass is 9.80. The maximum absolute atomic E-state index is 11.4. The summed E-state index contributed by atoms with van der Waals surface area (Å²) in [5.74, 6) is -0.357. The molecule has 1 aliphatic rings. The Balaban J connectivity index is 2.04. The average molecular weight is 278 g/mol. The number of nitrogens with zero attached hydrogens (tertiary/aromatic N) is 3. The highest BCUT2D eigenvalue weighted by Crippen LogP contribution is 2.32. The molecule has 108 valence electrons. The van der Waals surface area contributed by atoms with Crippen molar-refractivity contribution in [3.63, 3.8) is 0 Å². The van der Waals surface area contributed by atoms with E-state index in [9.17, 15) is 14.7 Å². The molecule has 0 atom stereocenters. The molecule has 1 fully saturated rings. The summed E-state index contributed by atoms with van der Waals surface area (Å²) in [4.78, 5) is 24.5. The highest BCUT2D eigenvalue weighted by molar-refractivity contribution is 5.91. The van der Waals surface area contributed by atoms with Crippen molar-refractivity contribution in [1.29, 1.82) is 0 Å². The second-order valence-corrected chi connectivity index (χ2v) is 5.21. The molecule has 1 saturated heterocycles. The number of hydrogen-bond donors (Lipinski definition) is 2. The molecule has 1 aromatic rings. The summed E-state index contributed by atoms with van der Waals surface area (Å²) in [6.45, 7) is 3.01. The van der Waals surface area contributed by atoms with Crippen LogP contribution in [0.25, 0.3) is 0 Å². The van der Waals surface area contributed by atoms with Crippen molar-refractivity contribution in [2.75, 3.05) is 25.0 Å². The minimum Gasteiger partial charge on any atom is -0.481 e. The van der Waals surface area contributed by atoms with Crippen LogP contribution in [0.1, 0.15) is 30.3 Å². The van der Waals surface area contributed by atoms with Gasteiger partial charge in [-0.2, -0.15) is 0 Å². The highest BCUT2D eigenvalue weighted by atomic mass is 16.4. The van der Waals surface area contributed by atoms with Crippen LogP contribution in [-0.2, 0) is 4.79 Å². The number of nitrogens with one attached hydrogen (secondary N) is 1. The Morgan fingerprint density at radius 1 is 1.30 bits per heavy atom. The zero-order valence-corrected chi connectivity index (χ0v) is 11.6. The first-order chi connectivity index (χ1) is 9.46. The van der Waals surface area contributed by atoms with E-state index in [1.54, 1.807) is 19.1 Å². The van der Waals surface area contributed by atoms with E-state index in [1.807, 2.05) is 4.90 Å². The summed E-state index contributed by atoms with van der Waals surface area (Å²) in [6, 6.07) is 3.35. The third kappa shape index (κ3) is 2.71. The highest BCUT2D eigenvalue weighted by Gasteiger charge is 2.37. The largest absolute Gasteiger partial charge is 0.481 e. The Kier molecular flexibility index (Phi) is 3.87. The van der Waals surface area contributed by atoms with Gasteiger partial charge in [-0.05, 0) is 31.9 Å². The molecule has 2 N–H and O–H groups in total. The minimum absolute atomic E-state index is 0.267. The molecule has 0 aliphatic carbocycles. The summed E-state index contributed by atoms with van der Waals surface area (Å²) < 4.78 is 0. The van der Waals surface area contributed by atoms with Crippen molar-refractivity contribution in [1.82, 2.24) is 15.5 Å². The number of amides is 1. The quantitative estimate of drug-likeness (QED) is 0.837. The molecule has 20 heavy (non-hydrogen) atoms. The number of carboxylic acids is 1. The van der Waals surface area contributed by atoms with E-state index in [2.05, 4.69) is 15.5 Å². The van der Waals surface area contributed by atoms with Gasteiger partial charge in [-0.25, -0.2) is 0 Å². The Labute approximate surface area is 117 Å². The van der Waals surface area contributed by atoms with Crippen molar-refractivity contribution in [2.24, 2.45) is 5.41 Å². The Morgan fingerprint density at radius 3 is 2.40 bits per heavy atom. The third-order valence-corrected chi connectivity index (χ3v) is 3.82. The molecular weight excluding hydrogens is 260 g/mol. The molecule has 0 bridgehead atoms. The Morgan fingerprint density at radius 2 is 1.95 bits per heavy atom. The number of carbonyl (C=O) groups is 2. The van der Waals surface area contributed by atoms with Crippen molar-refractivity contribution < 1.29 is 14.7 Å². The normalized spacial score (nSPS) is 17.6. The minimum atomic E-state index is -0.752. The second kappa shape index (κ2) is 5.44. The third-order valence-electron chi connectivity index (χ3n) is 3.82. The van der Waals surface area contributed by atoms with E-state index in [0.717, 1.165) is 0 Å². The lowest BCUT2D eigenvalue weighted by molar-refractivity contribution is -0.149. The smallest absolute Gasteiger partial charge is 0.309 e. The van der Waals surface area contributed by atoms with E-state index < -0.39 is 11.4 Å². The van der Waals surface area contributed by atoms with Crippen molar-refractivity contribution in [2.45, 2.75) is 19.8 Å². The van der Waals surface area contributed by atoms with Gasteiger partial charge in [0.05, 0.1) is 5.41 Å². The van der Waals surface area contributed by atoms with Gasteiger partial charge in [0.25, 0.3) is 5.91 Å². The molecular formula is C13H18N4O3. The molecule has 0 aromatic carbocycles. The van der Waals surface area contributed by atoms with Gasteiger partial charge in [-0.15, -0.1) is 10.2 Å². The average Bonchev–Trinajstić information content (AvgIpc) is 2.47. The van der Waals surface area contributed by atoms with Crippen LogP contribution < -0.4 is 10.2 Å². The zero-order chi connectivity index (χ0) is 14.8. The monoisotopic (exact) mass is 278 g/mol. The summed E-state index contributed by atoms with van der Waals surface area (Å²) in [5.41, 5.74) is -0.393. The van der Waals surface area contributed by atoms with Gasteiger partial charge in [-0.3, -0.25) is 9.59 Å². The van der Waals surface area contributed by atoms with E-state index in [4.69, 9.17) is 0 Å². The Bertz CT molecular complexity index is 507. The van der Waals surface area contributed by atoms with Crippen LogP contribution in [0.2, 0.25) is 0 Å². The summed E-state index contributed by atoms with van der Waals surface area (Å²) in [6.07, 6.45) is 1.14. The predicted molar refractivity (Wildman–Crippen MR) is 72.6 cm³/mol. The lowest BCUT2D eigenvalue weighted by Gasteiger charge is -2.36.